The summed E-state index contributed by atoms with van der Waals surface area (Å²) in [6.07, 6.45) is 0. The molecule has 0 fully saturated rings. The lowest BCUT2D eigenvalue weighted by atomic mass is 10.0. The van der Waals surface area contributed by atoms with E-state index in [4.69, 9.17) is 4.74 Å². The number of carbonyl (C=O) groups is 2. The number of thiophene rings is 1. The van der Waals surface area contributed by atoms with Crippen LogP contribution in [0.5, 0.6) is 0 Å². The highest BCUT2D eigenvalue weighted by Crippen LogP contribution is 2.32. The van der Waals surface area contributed by atoms with Crippen LogP contribution in [0.2, 0.25) is 0 Å². The van der Waals surface area contributed by atoms with Gasteiger partial charge in [0.2, 0.25) is 0 Å². The number of methoxy groups -OCH3 is 2. The SMILES string of the molecule is COC(=O)c1ccc(-c2ccc(Br)s2)cc1C(=O)OC. The highest BCUT2D eigenvalue weighted by molar-refractivity contribution is 9.11. The van der Waals surface area contributed by atoms with E-state index in [9.17, 15) is 9.59 Å². The van der Waals surface area contributed by atoms with Crippen LogP contribution in [0.3, 0.4) is 0 Å². The molecule has 0 saturated heterocycles. The zero-order chi connectivity index (χ0) is 14.7. The Hall–Kier alpha value is -1.66. The van der Waals surface area contributed by atoms with Crippen molar-refractivity contribution in [3.63, 3.8) is 0 Å². The number of ether oxygens (including phenoxy) is 2. The predicted molar refractivity (Wildman–Crippen MR) is 80.1 cm³/mol. The first-order valence-electron chi connectivity index (χ1n) is 5.63. The van der Waals surface area contributed by atoms with Gasteiger partial charge in [-0.15, -0.1) is 11.3 Å². The number of rotatable bonds is 3. The molecule has 0 amide bonds. The first-order valence-corrected chi connectivity index (χ1v) is 7.24. The molecule has 0 atom stereocenters. The summed E-state index contributed by atoms with van der Waals surface area (Å²) in [5.41, 5.74) is 1.23. The van der Waals surface area contributed by atoms with Crippen molar-refractivity contribution in [2.75, 3.05) is 14.2 Å². The fourth-order valence-corrected chi connectivity index (χ4v) is 3.12. The molecule has 6 heteroatoms. The molecule has 0 bridgehead atoms. The van der Waals surface area contributed by atoms with Crippen molar-refractivity contribution in [1.82, 2.24) is 0 Å². The third-order valence-electron chi connectivity index (χ3n) is 2.69. The predicted octanol–water partition coefficient (Wildman–Crippen LogP) is 3.75. The van der Waals surface area contributed by atoms with E-state index in [1.54, 1.807) is 18.2 Å². The smallest absolute Gasteiger partial charge is 0.338 e. The van der Waals surface area contributed by atoms with Crippen molar-refractivity contribution in [2.45, 2.75) is 0 Å². The zero-order valence-corrected chi connectivity index (χ0v) is 13.2. The molecule has 104 valence electrons. The molecule has 20 heavy (non-hydrogen) atoms. The van der Waals surface area contributed by atoms with Crippen LogP contribution in [0.15, 0.2) is 34.1 Å². The van der Waals surface area contributed by atoms with Gasteiger partial charge in [-0.25, -0.2) is 9.59 Å². The second-order valence-electron chi connectivity index (χ2n) is 3.85. The Morgan fingerprint density at radius 1 is 1.00 bits per heavy atom. The molecule has 0 unspecified atom stereocenters. The summed E-state index contributed by atoms with van der Waals surface area (Å²) in [7, 11) is 2.55. The summed E-state index contributed by atoms with van der Waals surface area (Å²) in [5, 5.41) is 0. The van der Waals surface area contributed by atoms with Crippen LogP contribution < -0.4 is 0 Å². The number of halogens is 1. The first kappa shape index (κ1) is 14.7. The molecule has 0 radical (unpaired) electrons. The van der Waals surface area contributed by atoms with E-state index in [2.05, 4.69) is 20.7 Å². The van der Waals surface area contributed by atoms with Crippen LogP contribution in [0, 0.1) is 0 Å². The minimum Gasteiger partial charge on any atom is -0.465 e. The Labute approximate surface area is 128 Å². The molecule has 0 saturated carbocycles. The van der Waals surface area contributed by atoms with Gasteiger partial charge in [-0.1, -0.05) is 6.07 Å². The van der Waals surface area contributed by atoms with Gasteiger partial charge in [0.25, 0.3) is 0 Å². The molecular weight excluding hydrogens is 344 g/mol. The van der Waals surface area contributed by atoms with Gasteiger partial charge >= 0.3 is 11.9 Å². The topological polar surface area (TPSA) is 52.6 Å². The maximum atomic E-state index is 11.8. The van der Waals surface area contributed by atoms with Crippen LogP contribution in [0.1, 0.15) is 20.7 Å². The average molecular weight is 355 g/mol. The fourth-order valence-electron chi connectivity index (χ4n) is 1.73. The molecule has 0 aliphatic rings. The monoisotopic (exact) mass is 354 g/mol. The summed E-state index contributed by atoms with van der Waals surface area (Å²) in [4.78, 5) is 24.5. The maximum absolute atomic E-state index is 11.8. The minimum atomic E-state index is -0.567. The molecule has 2 rings (SSSR count). The highest BCUT2D eigenvalue weighted by Gasteiger charge is 2.19. The van der Waals surface area contributed by atoms with Crippen molar-refractivity contribution in [1.29, 1.82) is 0 Å². The maximum Gasteiger partial charge on any atom is 0.338 e. The molecule has 0 spiro atoms. The molecule has 0 aliphatic carbocycles. The van der Waals surface area contributed by atoms with E-state index < -0.39 is 11.9 Å². The van der Waals surface area contributed by atoms with E-state index in [-0.39, 0.29) is 11.1 Å². The number of benzene rings is 1. The molecule has 0 aliphatic heterocycles. The van der Waals surface area contributed by atoms with Gasteiger partial charge in [-0.05, 0) is 45.8 Å². The number of carbonyl (C=O) groups excluding carboxylic acids is 2. The van der Waals surface area contributed by atoms with Crippen LogP contribution >= 0.6 is 27.3 Å². The minimum absolute atomic E-state index is 0.193. The number of hydrogen-bond donors (Lipinski definition) is 0. The largest absolute Gasteiger partial charge is 0.465 e. The van der Waals surface area contributed by atoms with E-state index in [0.717, 1.165) is 14.2 Å². The van der Waals surface area contributed by atoms with Gasteiger partial charge in [0, 0.05) is 4.88 Å². The van der Waals surface area contributed by atoms with Gasteiger partial charge in [0.1, 0.15) is 0 Å². The van der Waals surface area contributed by atoms with Crippen LogP contribution in [0.25, 0.3) is 10.4 Å². The zero-order valence-electron chi connectivity index (χ0n) is 10.8. The second-order valence-corrected chi connectivity index (χ2v) is 6.31. The normalized spacial score (nSPS) is 10.2. The second kappa shape index (κ2) is 6.19. The van der Waals surface area contributed by atoms with Crippen molar-refractivity contribution < 1.29 is 19.1 Å². The van der Waals surface area contributed by atoms with Gasteiger partial charge in [-0.2, -0.15) is 0 Å². The summed E-state index contributed by atoms with van der Waals surface area (Å²) in [5.74, 6) is -1.13. The molecule has 4 nitrogen and oxygen atoms in total. The summed E-state index contributed by atoms with van der Waals surface area (Å²) < 4.78 is 10.4. The number of esters is 2. The summed E-state index contributed by atoms with van der Waals surface area (Å²) >= 11 is 4.93. The molecule has 2 aromatic rings. The van der Waals surface area contributed by atoms with Gasteiger partial charge < -0.3 is 9.47 Å². The quantitative estimate of drug-likeness (QED) is 0.787. The van der Waals surface area contributed by atoms with Gasteiger partial charge in [-0.3, -0.25) is 0 Å². The van der Waals surface area contributed by atoms with Crippen molar-refractivity contribution in [3.8, 4) is 10.4 Å². The molecule has 1 heterocycles. The molecular formula is C14H11BrO4S. The Morgan fingerprint density at radius 2 is 1.65 bits per heavy atom. The summed E-state index contributed by atoms with van der Waals surface area (Å²) in [6, 6.07) is 8.84. The van der Waals surface area contributed by atoms with E-state index in [1.807, 2.05) is 12.1 Å². The van der Waals surface area contributed by atoms with Crippen molar-refractivity contribution >= 4 is 39.2 Å². The van der Waals surface area contributed by atoms with Crippen LogP contribution in [-0.2, 0) is 9.47 Å². The van der Waals surface area contributed by atoms with E-state index >= 15 is 0 Å². The highest BCUT2D eigenvalue weighted by atomic mass is 79.9. The van der Waals surface area contributed by atoms with Crippen LogP contribution in [0.4, 0.5) is 0 Å². The van der Waals surface area contributed by atoms with E-state index in [0.29, 0.717) is 0 Å². The Bertz CT molecular complexity index is 663. The first-order chi connectivity index (χ1) is 9.56. The standard InChI is InChI=1S/C14H11BrO4S/c1-18-13(16)9-4-3-8(7-10(9)14(17)19-2)11-5-6-12(15)20-11/h3-7H,1-2H3. The Balaban J connectivity index is 2.53. The molecule has 0 N–H and O–H groups in total. The van der Waals surface area contributed by atoms with Crippen LogP contribution in [-0.4, -0.2) is 26.2 Å². The lowest BCUT2D eigenvalue weighted by Crippen LogP contribution is -2.11. The number of hydrogen-bond acceptors (Lipinski definition) is 5. The Kier molecular flexibility index (Phi) is 4.57. The average Bonchev–Trinajstić information content (AvgIpc) is 2.91. The van der Waals surface area contributed by atoms with Gasteiger partial charge in [0.05, 0.1) is 29.1 Å². The lowest BCUT2D eigenvalue weighted by molar-refractivity contribution is 0.0555. The molecule has 1 aromatic carbocycles. The fraction of sp³-hybridized carbons (Fsp3) is 0.143. The third kappa shape index (κ3) is 2.91. The van der Waals surface area contributed by atoms with E-state index in [1.165, 1.54) is 25.6 Å². The van der Waals surface area contributed by atoms with Crippen molar-refractivity contribution in [2.24, 2.45) is 0 Å². The Morgan fingerprint density at radius 3 is 2.20 bits per heavy atom. The van der Waals surface area contributed by atoms with Crippen molar-refractivity contribution in [3.05, 3.63) is 45.2 Å². The third-order valence-corrected chi connectivity index (χ3v) is 4.36. The van der Waals surface area contributed by atoms with Gasteiger partial charge in [0.15, 0.2) is 0 Å². The molecule has 1 aromatic heterocycles. The summed E-state index contributed by atoms with van der Waals surface area (Å²) in [6.45, 7) is 0. The lowest BCUT2D eigenvalue weighted by Gasteiger charge is -2.08.